The third-order valence-corrected chi connectivity index (χ3v) is 1.24. The fourth-order valence-electron chi connectivity index (χ4n) is 0.468. The highest BCUT2D eigenvalue weighted by Crippen LogP contribution is 2.37. The second-order valence-electron chi connectivity index (χ2n) is 2.06. The average Bonchev–Trinajstić information content (AvgIpc) is 2.22. The average molecular weight is 97.1 g/mol. The van der Waals surface area contributed by atoms with Crippen LogP contribution in [0.4, 0.5) is 0 Å². The minimum absolute atomic E-state index is 0.312. The molecule has 0 unspecified atom stereocenters. The van der Waals surface area contributed by atoms with Crippen LogP contribution in [0.5, 0.6) is 0 Å². The molecule has 0 aromatic carbocycles. The van der Waals surface area contributed by atoms with Crippen LogP contribution in [0, 0.1) is 11.3 Å². The summed E-state index contributed by atoms with van der Waals surface area (Å²) in [4.78, 5) is 0. The maximum Gasteiger partial charge on any atom is 0.0779 e. The Labute approximate surface area is 42.4 Å². The lowest BCUT2D eigenvalue weighted by Gasteiger charge is -1.94. The number of aliphatic hydroxyl groups is 1. The van der Waals surface area contributed by atoms with E-state index in [0.29, 0.717) is 6.42 Å². The third-order valence-electron chi connectivity index (χ3n) is 1.24. The van der Waals surface area contributed by atoms with Gasteiger partial charge in [-0.05, 0) is 12.8 Å². The summed E-state index contributed by atoms with van der Waals surface area (Å²) in [5, 5.41) is 16.9. The van der Waals surface area contributed by atoms with Crippen molar-refractivity contribution in [3.8, 4) is 6.07 Å². The van der Waals surface area contributed by atoms with Gasteiger partial charge in [-0.1, -0.05) is 0 Å². The Morgan fingerprint density at radius 3 is 2.43 bits per heavy atom. The Hall–Kier alpha value is -0.550. The molecule has 38 valence electrons. The van der Waals surface area contributed by atoms with E-state index in [1.165, 1.54) is 0 Å². The zero-order valence-corrected chi connectivity index (χ0v) is 4.02. The van der Waals surface area contributed by atoms with Crippen molar-refractivity contribution in [2.75, 3.05) is 0 Å². The minimum Gasteiger partial charge on any atom is -0.389 e. The second kappa shape index (κ2) is 1.21. The van der Waals surface area contributed by atoms with Crippen LogP contribution >= 0.6 is 0 Å². The zero-order chi connectivity index (χ0) is 5.33. The van der Waals surface area contributed by atoms with E-state index in [0.717, 1.165) is 12.8 Å². The van der Waals surface area contributed by atoms with E-state index in [-0.39, 0.29) is 0 Å². The van der Waals surface area contributed by atoms with Gasteiger partial charge in [0.05, 0.1) is 18.1 Å². The summed E-state index contributed by atoms with van der Waals surface area (Å²) in [5.41, 5.74) is -0.561. The lowest BCUT2D eigenvalue weighted by Crippen LogP contribution is -2.02. The van der Waals surface area contributed by atoms with Crippen molar-refractivity contribution < 1.29 is 5.11 Å². The van der Waals surface area contributed by atoms with Gasteiger partial charge in [0.25, 0.3) is 0 Å². The molecule has 0 aromatic heterocycles. The molecule has 2 heteroatoms. The Morgan fingerprint density at radius 1 is 1.71 bits per heavy atom. The Morgan fingerprint density at radius 2 is 2.29 bits per heavy atom. The van der Waals surface area contributed by atoms with Gasteiger partial charge in [-0.3, -0.25) is 0 Å². The molecular weight excluding hydrogens is 90.1 g/mol. The van der Waals surface area contributed by atoms with Gasteiger partial charge in [0.1, 0.15) is 0 Å². The number of nitrogens with zero attached hydrogens (tertiary/aromatic N) is 1. The first-order valence-electron chi connectivity index (χ1n) is 2.36. The number of nitriles is 1. The Bertz CT molecular complexity index is 110. The molecule has 0 aliphatic heterocycles. The highest BCUT2D eigenvalue weighted by molar-refractivity contribution is 4.99. The first kappa shape index (κ1) is 4.61. The number of hydrogen-bond acceptors (Lipinski definition) is 2. The molecule has 0 aromatic rings. The smallest absolute Gasteiger partial charge is 0.0779 e. The predicted molar refractivity (Wildman–Crippen MR) is 24.4 cm³/mol. The van der Waals surface area contributed by atoms with Crippen LogP contribution in [-0.4, -0.2) is 10.7 Å². The first-order valence-corrected chi connectivity index (χ1v) is 2.36. The summed E-state index contributed by atoms with van der Waals surface area (Å²) in [7, 11) is 0. The van der Waals surface area contributed by atoms with Gasteiger partial charge in [-0.15, -0.1) is 0 Å². The second-order valence-corrected chi connectivity index (χ2v) is 2.06. The standard InChI is InChI=1S/C5H7NO/c6-4-3-5(7)1-2-5/h7H,1-3H2. The van der Waals surface area contributed by atoms with Gasteiger partial charge in [0.15, 0.2) is 0 Å². The molecule has 2 nitrogen and oxygen atoms in total. The fraction of sp³-hybridized carbons (Fsp3) is 0.800. The van der Waals surface area contributed by atoms with Crippen LogP contribution < -0.4 is 0 Å². The number of rotatable bonds is 1. The van der Waals surface area contributed by atoms with E-state index in [2.05, 4.69) is 0 Å². The van der Waals surface area contributed by atoms with Crippen LogP contribution in [0.15, 0.2) is 0 Å². The number of hydrogen-bond donors (Lipinski definition) is 1. The summed E-state index contributed by atoms with van der Waals surface area (Å²) < 4.78 is 0. The molecular formula is C5H7NO. The summed E-state index contributed by atoms with van der Waals surface area (Å²) in [6, 6.07) is 1.92. The first-order chi connectivity index (χ1) is 3.27. The molecule has 0 radical (unpaired) electrons. The van der Waals surface area contributed by atoms with Gasteiger partial charge < -0.3 is 5.11 Å². The summed E-state index contributed by atoms with van der Waals surface area (Å²) in [6.45, 7) is 0. The highest BCUT2D eigenvalue weighted by atomic mass is 16.3. The zero-order valence-electron chi connectivity index (χ0n) is 4.02. The molecule has 0 heterocycles. The lowest BCUT2D eigenvalue weighted by atomic mass is 10.3. The van der Waals surface area contributed by atoms with Crippen LogP contribution in [0.2, 0.25) is 0 Å². The predicted octanol–water partition coefficient (Wildman–Crippen LogP) is 0.425. The largest absolute Gasteiger partial charge is 0.389 e. The van der Waals surface area contributed by atoms with Crippen molar-refractivity contribution in [1.29, 1.82) is 5.26 Å². The molecule has 1 rings (SSSR count). The van der Waals surface area contributed by atoms with Gasteiger partial charge in [-0.25, -0.2) is 0 Å². The topological polar surface area (TPSA) is 44.0 Å². The fourth-order valence-corrected chi connectivity index (χ4v) is 0.468. The third kappa shape index (κ3) is 0.908. The van der Waals surface area contributed by atoms with Crippen LogP contribution in [0.25, 0.3) is 0 Å². The normalized spacial score (nSPS) is 23.4. The molecule has 1 aliphatic carbocycles. The Kier molecular flexibility index (Phi) is 0.795. The van der Waals surface area contributed by atoms with E-state index in [1.807, 2.05) is 6.07 Å². The van der Waals surface area contributed by atoms with Crippen LogP contribution in [-0.2, 0) is 0 Å². The lowest BCUT2D eigenvalue weighted by molar-refractivity contribution is 0.156. The van der Waals surface area contributed by atoms with Crippen molar-refractivity contribution in [2.45, 2.75) is 24.9 Å². The van der Waals surface area contributed by atoms with E-state index in [9.17, 15) is 0 Å². The summed E-state index contributed by atoms with van der Waals surface area (Å²) in [5.74, 6) is 0. The quantitative estimate of drug-likeness (QED) is 0.515. The molecule has 0 atom stereocenters. The van der Waals surface area contributed by atoms with E-state index in [4.69, 9.17) is 10.4 Å². The minimum atomic E-state index is -0.561. The van der Waals surface area contributed by atoms with Crippen molar-refractivity contribution in [3.05, 3.63) is 0 Å². The summed E-state index contributed by atoms with van der Waals surface area (Å²) >= 11 is 0. The maximum atomic E-state index is 8.91. The van der Waals surface area contributed by atoms with E-state index in [1.54, 1.807) is 0 Å². The monoisotopic (exact) mass is 97.1 g/mol. The molecule has 1 aliphatic rings. The van der Waals surface area contributed by atoms with Crippen LogP contribution in [0.1, 0.15) is 19.3 Å². The molecule has 0 bridgehead atoms. The molecule has 0 saturated heterocycles. The van der Waals surface area contributed by atoms with Crippen molar-refractivity contribution in [2.24, 2.45) is 0 Å². The van der Waals surface area contributed by atoms with E-state index >= 15 is 0 Å². The molecule has 0 amide bonds. The van der Waals surface area contributed by atoms with Crippen molar-refractivity contribution in [1.82, 2.24) is 0 Å². The molecule has 1 saturated carbocycles. The molecule has 7 heavy (non-hydrogen) atoms. The van der Waals surface area contributed by atoms with Crippen molar-refractivity contribution >= 4 is 0 Å². The SMILES string of the molecule is N#CCC1(O)CC1. The van der Waals surface area contributed by atoms with Gasteiger partial charge in [-0.2, -0.15) is 5.26 Å². The van der Waals surface area contributed by atoms with Crippen LogP contribution in [0.3, 0.4) is 0 Å². The van der Waals surface area contributed by atoms with E-state index < -0.39 is 5.60 Å². The molecule has 0 spiro atoms. The Balaban J connectivity index is 2.30. The highest BCUT2D eigenvalue weighted by Gasteiger charge is 2.39. The molecule has 1 fully saturated rings. The summed E-state index contributed by atoms with van der Waals surface area (Å²) in [6.07, 6.45) is 1.95. The molecule has 1 N–H and O–H groups in total. The maximum absolute atomic E-state index is 8.91. The van der Waals surface area contributed by atoms with Crippen molar-refractivity contribution in [3.63, 3.8) is 0 Å². The van der Waals surface area contributed by atoms with Gasteiger partial charge in [0.2, 0.25) is 0 Å². The van der Waals surface area contributed by atoms with Gasteiger partial charge >= 0.3 is 0 Å². The van der Waals surface area contributed by atoms with Gasteiger partial charge in [0, 0.05) is 0 Å².